The Hall–Kier alpha value is -1.32. The molecule has 8 heteroatoms. The van der Waals surface area contributed by atoms with Crippen LogP contribution in [-0.4, -0.2) is 25.0 Å². The minimum Gasteiger partial charge on any atom is -0.328 e. The highest BCUT2D eigenvalue weighted by Gasteiger charge is 2.27. The van der Waals surface area contributed by atoms with E-state index in [0.29, 0.717) is 0 Å². The number of nitrogens with zero attached hydrogens (tertiary/aromatic N) is 1. The van der Waals surface area contributed by atoms with Crippen molar-refractivity contribution in [1.82, 2.24) is 10.7 Å². The van der Waals surface area contributed by atoms with Gasteiger partial charge in [-0.3, -0.25) is 0 Å². The van der Waals surface area contributed by atoms with Gasteiger partial charge in [0.25, 0.3) is 0 Å². The number of carbonyl (C=O) groups excluding carboxylic acids is 1. The zero-order chi connectivity index (χ0) is 13.6. The number of alkyl halides is 3. The van der Waals surface area contributed by atoms with Crippen molar-refractivity contribution in [2.75, 3.05) is 6.54 Å². The van der Waals surface area contributed by atoms with Crippen molar-refractivity contribution >= 4 is 34.8 Å². The van der Waals surface area contributed by atoms with Gasteiger partial charge < -0.3 is 5.32 Å². The van der Waals surface area contributed by atoms with Crippen molar-refractivity contribution < 1.29 is 18.0 Å². The summed E-state index contributed by atoms with van der Waals surface area (Å²) in [6, 6.07) is 6.23. The van der Waals surface area contributed by atoms with E-state index < -0.39 is 18.8 Å². The van der Waals surface area contributed by atoms with Crippen LogP contribution < -0.4 is 10.7 Å². The third-order valence-electron chi connectivity index (χ3n) is 1.68. The second-order valence-corrected chi connectivity index (χ2v) is 4.47. The molecule has 2 amide bonds. The summed E-state index contributed by atoms with van der Waals surface area (Å²) in [4.78, 5) is 10.9. The van der Waals surface area contributed by atoms with Gasteiger partial charge in [-0.15, -0.1) is 0 Å². The molecule has 0 aromatic heterocycles. The number of rotatable bonds is 3. The summed E-state index contributed by atoms with van der Waals surface area (Å²) in [6.45, 7) is -1.39. The molecule has 0 saturated heterocycles. The van der Waals surface area contributed by atoms with E-state index in [-0.39, 0.29) is 0 Å². The smallest absolute Gasteiger partial charge is 0.328 e. The second-order valence-electron chi connectivity index (χ2n) is 3.22. The van der Waals surface area contributed by atoms with Gasteiger partial charge in [0, 0.05) is 3.57 Å². The third-order valence-corrected chi connectivity index (χ3v) is 2.35. The number of hydrogen-bond donors (Lipinski definition) is 2. The van der Waals surface area contributed by atoms with E-state index in [2.05, 4.69) is 27.7 Å². The van der Waals surface area contributed by atoms with Crippen LogP contribution in [0.25, 0.3) is 0 Å². The van der Waals surface area contributed by atoms with E-state index in [1.54, 1.807) is 23.5 Å². The molecule has 1 aromatic rings. The van der Waals surface area contributed by atoms with Crippen molar-refractivity contribution in [2.24, 2.45) is 5.10 Å². The van der Waals surface area contributed by atoms with Crippen LogP contribution in [0.1, 0.15) is 5.56 Å². The maximum absolute atomic E-state index is 11.8. The van der Waals surface area contributed by atoms with Gasteiger partial charge in [0.2, 0.25) is 0 Å². The zero-order valence-electron chi connectivity index (χ0n) is 8.96. The first kappa shape index (κ1) is 14.7. The summed E-state index contributed by atoms with van der Waals surface area (Å²) in [5.41, 5.74) is 2.67. The molecule has 0 saturated carbocycles. The molecule has 1 rings (SSSR count). The summed E-state index contributed by atoms with van der Waals surface area (Å²) in [6.07, 6.45) is -3.09. The van der Waals surface area contributed by atoms with Crippen LogP contribution in [0.2, 0.25) is 0 Å². The Morgan fingerprint density at radius 1 is 1.44 bits per heavy atom. The summed E-state index contributed by atoms with van der Waals surface area (Å²) < 4.78 is 36.3. The Bertz CT molecular complexity index is 448. The molecular weight excluding hydrogens is 362 g/mol. The highest BCUT2D eigenvalue weighted by Crippen LogP contribution is 2.11. The number of carbonyl (C=O) groups is 1. The van der Waals surface area contributed by atoms with Crippen LogP contribution in [0.4, 0.5) is 18.0 Å². The van der Waals surface area contributed by atoms with Crippen molar-refractivity contribution in [3.63, 3.8) is 0 Å². The number of hydrogen-bond acceptors (Lipinski definition) is 2. The van der Waals surface area contributed by atoms with Crippen molar-refractivity contribution in [3.05, 3.63) is 33.4 Å². The minimum absolute atomic E-state index is 0.734. The van der Waals surface area contributed by atoms with E-state index >= 15 is 0 Å². The van der Waals surface area contributed by atoms with Crippen LogP contribution in [0, 0.1) is 3.57 Å². The molecule has 0 spiro atoms. The van der Waals surface area contributed by atoms with E-state index in [0.717, 1.165) is 9.13 Å². The Morgan fingerprint density at radius 2 is 2.17 bits per heavy atom. The lowest BCUT2D eigenvalue weighted by molar-refractivity contribution is -0.122. The normalized spacial score (nSPS) is 11.6. The Kier molecular flexibility index (Phi) is 5.38. The molecule has 1 aromatic carbocycles. The lowest BCUT2D eigenvalue weighted by atomic mass is 10.2. The lowest BCUT2D eigenvalue weighted by Gasteiger charge is -2.06. The summed E-state index contributed by atoms with van der Waals surface area (Å²) in [5, 5.41) is 5.16. The monoisotopic (exact) mass is 371 g/mol. The van der Waals surface area contributed by atoms with Gasteiger partial charge in [-0.2, -0.15) is 18.3 Å². The molecule has 0 aliphatic rings. The van der Waals surface area contributed by atoms with Crippen LogP contribution in [-0.2, 0) is 0 Å². The third kappa shape index (κ3) is 6.42. The fourth-order valence-electron chi connectivity index (χ4n) is 0.972. The molecule has 0 radical (unpaired) electrons. The topological polar surface area (TPSA) is 53.5 Å². The number of nitrogens with one attached hydrogen (secondary N) is 2. The van der Waals surface area contributed by atoms with Gasteiger partial charge in [-0.1, -0.05) is 12.1 Å². The van der Waals surface area contributed by atoms with Crippen LogP contribution in [0.5, 0.6) is 0 Å². The average Bonchev–Trinajstić information content (AvgIpc) is 2.25. The maximum atomic E-state index is 11.8. The van der Waals surface area contributed by atoms with Gasteiger partial charge in [0.1, 0.15) is 6.54 Å². The Balaban J connectivity index is 2.39. The van der Waals surface area contributed by atoms with Crippen LogP contribution in [0.15, 0.2) is 29.4 Å². The summed E-state index contributed by atoms with van der Waals surface area (Å²) >= 11 is 2.11. The standard InChI is InChI=1S/C10H9F3IN3O/c11-10(12,13)6-15-9(18)17-16-5-7-2-1-3-8(14)4-7/h1-5H,6H2,(H2,15,17,18)/b16-5+. The molecule has 0 atom stereocenters. The largest absolute Gasteiger partial charge is 0.405 e. The Labute approximate surface area is 115 Å². The number of halogens is 4. The molecule has 0 unspecified atom stereocenters. The van der Waals surface area contributed by atoms with Crippen molar-refractivity contribution in [1.29, 1.82) is 0 Å². The fraction of sp³-hybridized carbons (Fsp3) is 0.200. The lowest BCUT2D eigenvalue weighted by Crippen LogP contribution is -2.38. The molecule has 98 valence electrons. The number of urea groups is 1. The van der Waals surface area contributed by atoms with Gasteiger partial charge in [0.15, 0.2) is 0 Å². The van der Waals surface area contributed by atoms with Gasteiger partial charge in [-0.25, -0.2) is 10.2 Å². The second kappa shape index (κ2) is 6.57. The van der Waals surface area contributed by atoms with Gasteiger partial charge >= 0.3 is 12.2 Å². The summed E-state index contributed by atoms with van der Waals surface area (Å²) in [7, 11) is 0. The van der Waals surface area contributed by atoms with E-state index in [1.165, 1.54) is 6.21 Å². The number of hydrazone groups is 1. The fourth-order valence-corrected chi connectivity index (χ4v) is 1.54. The first-order valence-electron chi connectivity index (χ1n) is 4.76. The predicted molar refractivity (Wildman–Crippen MR) is 69.3 cm³/mol. The van der Waals surface area contributed by atoms with Gasteiger partial charge in [-0.05, 0) is 40.3 Å². The molecular formula is C10H9F3IN3O. The molecule has 18 heavy (non-hydrogen) atoms. The zero-order valence-corrected chi connectivity index (χ0v) is 11.1. The Morgan fingerprint density at radius 3 is 2.78 bits per heavy atom. The quantitative estimate of drug-likeness (QED) is 0.479. The number of amides is 2. The highest BCUT2D eigenvalue weighted by molar-refractivity contribution is 14.1. The highest BCUT2D eigenvalue weighted by atomic mass is 127. The molecule has 0 bridgehead atoms. The molecule has 2 N–H and O–H groups in total. The van der Waals surface area contributed by atoms with Gasteiger partial charge in [0.05, 0.1) is 6.21 Å². The maximum Gasteiger partial charge on any atom is 0.405 e. The van der Waals surface area contributed by atoms with Crippen molar-refractivity contribution in [2.45, 2.75) is 6.18 Å². The van der Waals surface area contributed by atoms with Crippen LogP contribution in [0.3, 0.4) is 0 Å². The van der Waals surface area contributed by atoms with Crippen LogP contribution >= 0.6 is 22.6 Å². The molecule has 0 aliphatic heterocycles. The first-order valence-corrected chi connectivity index (χ1v) is 5.84. The SMILES string of the molecule is O=C(NCC(F)(F)F)N/N=C/c1cccc(I)c1. The van der Waals surface area contributed by atoms with Crippen molar-refractivity contribution in [3.8, 4) is 0 Å². The minimum atomic E-state index is -4.43. The summed E-state index contributed by atoms with van der Waals surface area (Å²) in [5.74, 6) is 0. The molecule has 4 nitrogen and oxygen atoms in total. The van der Waals surface area contributed by atoms with E-state index in [4.69, 9.17) is 0 Å². The molecule has 0 fully saturated rings. The first-order chi connectivity index (χ1) is 8.37. The number of benzene rings is 1. The van der Waals surface area contributed by atoms with E-state index in [9.17, 15) is 18.0 Å². The predicted octanol–water partition coefficient (Wildman–Crippen LogP) is 2.49. The average molecular weight is 371 g/mol. The molecule has 0 aliphatic carbocycles. The molecule has 0 heterocycles. The van der Waals surface area contributed by atoms with E-state index in [1.807, 2.05) is 11.5 Å².